The Labute approximate surface area is 358 Å². The number of esters is 2. The maximum atomic E-state index is 14.0. The van der Waals surface area contributed by atoms with Gasteiger partial charge in [-0.3, -0.25) is 4.79 Å². The van der Waals surface area contributed by atoms with E-state index in [1.165, 1.54) is 21.3 Å². The topological polar surface area (TPSA) is 189 Å². The third-order valence-electron chi connectivity index (χ3n) is 12.5. The summed E-state index contributed by atoms with van der Waals surface area (Å²) in [4.78, 5) is 26.7. The van der Waals surface area contributed by atoms with Crippen LogP contribution in [-0.2, 0) is 47.5 Å². The van der Waals surface area contributed by atoms with Gasteiger partial charge in [0, 0.05) is 44.3 Å². The van der Waals surface area contributed by atoms with Crippen LogP contribution in [0.25, 0.3) is 0 Å². The molecule has 2 fully saturated rings. The van der Waals surface area contributed by atoms with Crippen LogP contribution in [0.2, 0.25) is 0 Å². The Morgan fingerprint density at radius 1 is 0.933 bits per heavy atom. The lowest BCUT2D eigenvalue weighted by atomic mass is 9.76. The minimum atomic E-state index is -1.93. The first-order chi connectivity index (χ1) is 28.0. The molecule has 14 heteroatoms. The minimum Gasteiger partial charge on any atom is -0.490 e. The van der Waals surface area contributed by atoms with Gasteiger partial charge in [-0.1, -0.05) is 97.8 Å². The van der Waals surface area contributed by atoms with E-state index < -0.39 is 90.9 Å². The third kappa shape index (κ3) is 12.7. The predicted molar refractivity (Wildman–Crippen MR) is 225 cm³/mol. The van der Waals surface area contributed by atoms with E-state index in [-0.39, 0.29) is 47.7 Å². The first-order valence-electron chi connectivity index (χ1n) is 21.5. The van der Waals surface area contributed by atoms with Gasteiger partial charge >= 0.3 is 11.9 Å². The summed E-state index contributed by atoms with van der Waals surface area (Å²) in [5.74, 6) is -5.78. The number of methoxy groups -OCH3 is 3. The fraction of sp³-hybridized carbons (Fsp3) is 0.783. The van der Waals surface area contributed by atoms with Gasteiger partial charge in [-0.05, 0) is 45.1 Å². The van der Waals surface area contributed by atoms with E-state index in [1.54, 1.807) is 46.8 Å². The Kier molecular flexibility index (Phi) is 19.5. The largest absolute Gasteiger partial charge is 0.490 e. The predicted octanol–water partition coefficient (Wildman–Crippen LogP) is 5.41. The zero-order chi connectivity index (χ0) is 45.4. The van der Waals surface area contributed by atoms with Crippen LogP contribution in [-0.4, -0.2) is 127 Å². The molecule has 344 valence electrons. The highest BCUT2D eigenvalue weighted by molar-refractivity contribution is 5.87. The summed E-state index contributed by atoms with van der Waals surface area (Å²) in [5.41, 5.74) is 1.71. The molecule has 17 atom stereocenters. The van der Waals surface area contributed by atoms with Crippen LogP contribution in [0.4, 0.5) is 0 Å². The first-order valence-corrected chi connectivity index (χ1v) is 21.5. The highest BCUT2D eigenvalue weighted by Crippen LogP contribution is 2.44. The SMILES string of the molecule is CO/C1=C\C(C)=C\[C@@H](C)[C@@H](OC(=O)C(C)C)[C@H](C)C/C(C)=C/C=C/[C@H](OC)[C@@H]([C@@H](C)[C@@H](O)[C@H](C)[C@@]2(O)C[C@@H](OC3OC(C)C(O)C(O)C3OC)[C@H](C)[C@@H](C(C)C)O2)OC1=O. The van der Waals surface area contributed by atoms with E-state index in [2.05, 4.69) is 0 Å². The Bertz CT molecular complexity index is 1520. The minimum absolute atomic E-state index is 0.0430. The molecule has 2 saturated heterocycles. The average Bonchev–Trinajstić information content (AvgIpc) is 3.18. The zero-order valence-corrected chi connectivity index (χ0v) is 38.6. The summed E-state index contributed by atoms with van der Waals surface area (Å²) in [7, 11) is 4.24. The molecule has 5 unspecified atom stereocenters. The molecule has 3 rings (SSSR count). The number of allylic oxidation sites excluding steroid dienone is 5. The van der Waals surface area contributed by atoms with Gasteiger partial charge in [0.05, 0.1) is 37.4 Å². The Morgan fingerprint density at radius 2 is 1.58 bits per heavy atom. The van der Waals surface area contributed by atoms with Crippen LogP contribution in [0, 0.1) is 41.4 Å². The van der Waals surface area contributed by atoms with Crippen LogP contribution >= 0.6 is 0 Å². The highest BCUT2D eigenvalue weighted by atomic mass is 16.7. The molecule has 0 aromatic carbocycles. The number of cyclic esters (lactones) is 1. The number of hydrogen-bond acceptors (Lipinski definition) is 14. The number of hydrogen-bond donors (Lipinski definition) is 4. The lowest BCUT2D eigenvalue weighted by molar-refractivity contribution is -0.362. The normalized spacial score (nSPS) is 41.1. The average molecular weight is 853 g/mol. The van der Waals surface area contributed by atoms with Gasteiger partial charge in [0.25, 0.3) is 0 Å². The lowest BCUT2D eigenvalue weighted by Crippen LogP contribution is -2.62. The number of ether oxygens (including phenoxy) is 8. The molecule has 0 spiro atoms. The third-order valence-corrected chi connectivity index (χ3v) is 12.5. The van der Waals surface area contributed by atoms with E-state index in [4.69, 9.17) is 37.9 Å². The smallest absolute Gasteiger partial charge is 0.373 e. The summed E-state index contributed by atoms with van der Waals surface area (Å²) in [6.07, 6.45) is -0.594. The maximum absolute atomic E-state index is 14.0. The van der Waals surface area contributed by atoms with Crippen molar-refractivity contribution >= 4 is 11.9 Å². The summed E-state index contributed by atoms with van der Waals surface area (Å²) < 4.78 is 48.1. The second kappa shape index (κ2) is 22.6. The molecule has 0 aromatic rings. The molecule has 4 N–H and O–H groups in total. The van der Waals surface area contributed by atoms with E-state index >= 15 is 0 Å². The van der Waals surface area contributed by atoms with Crippen LogP contribution in [0.15, 0.2) is 47.3 Å². The second-order valence-corrected chi connectivity index (χ2v) is 18.1. The number of aliphatic hydroxyl groups excluding tert-OH is 3. The van der Waals surface area contributed by atoms with Crippen molar-refractivity contribution in [3.8, 4) is 0 Å². The number of rotatable bonds is 12. The molecule has 3 aliphatic rings. The van der Waals surface area contributed by atoms with Crippen molar-refractivity contribution in [1.82, 2.24) is 0 Å². The van der Waals surface area contributed by atoms with Crippen LogP contribution < -0.4 is 0 Å². The summed E-state index contributed by atoms with van der Waals surface area (Å²) >= 11 is 0. The summed E-state index contributed by atoms with van der Waals surface area (Å²) in [6.45, 7) is 22.3. The van der Waals surface area contributed by atoms with Crippen molar-refractivity contribution < 1.29 is 67.9 Å². The Hall–Kier alpha value is -2.66. The van der Waals surface area contributed by atoms with Crippen LogP contribution in [0.1, 0.15) is 95.9 Å². The molecule has 14 nitrogen and oxygen atoms in total. The molecular weight excluding hydrogens is 776 g/mol. The fourth-order valence-corrected chi connectivity index (χ4v) is 8.71. The van der Waals surface area contributed by atoms with Gasteiger partial charge in [-0.2, -0.15) is 0 Å². The van der Waals surface area contributed by atoms with Crippen molar-refractivity contribution in [2.45, 2.75) is 169 Å². The molecule has 0 bridgehead atoms. The quantitative estimate of drug-likeness (QED) is 0.183. The van der Waals surface area contributed by atoms with Crippen molar-refractivity contribution in [3.63, 3.8) is 0 Å². The van der Waals surface area contributed by atoms with Crippen molar-refractivity contribution in [2.75, 3.05) is 21.3 Å². The van der Waals surface area contributed by atoms with E-state index in [1.807, 2.05) is 66.7 Å². The van der Waals surface area contributed by atoms with Gasteiger partial charge in [-0.15, -0.1) is 0 Å². The number of carbonyl (C=O) groups excluding carboxylic acids is 2. The number of carbonyl (C=O) groups is 2. The summed E-state index contributed by atoms with van der Waals surface area (Å²) in [6, 6.07) is 0. The van der Waals surface area contributed by atoms with Gasteiger partial charge in [-0.25, -0.2) is 4.79 Å². The van der Waals surface area contributed by atoms with Crippen molar-refractivity contribution in [1.29, 1.82) is 0 Å². The molecule has 0 aliphatic carbocycles. The molecular formula is C46H76O14. The first kappa shape index (κ1) is 51.7. The Balaban J connectivity index is 2.01. The lowest BCUT2D eigenvalue weighted by Gasteiger charge is -2.51. The Morgan fingerprint density at radius 3 is 2.15 bits per heavy atom. The molecule has 60 heavy (non-hydrogen) atoms. The van der Waals surface area contributed by atoms with Gasteiger partial charge < -0.3 is 58.3 Å². The second-order valence-electron chi connectivity index (χ2n) is 18.1. The fourth-order valence-electron chi connectivity index (χ4n) is 8.71. The molecule has 3 aliphatic heterocycles. The standard InChI is InChI=1S/C46H76O14/c1-23(2)39-29(9)35(57-45-42(55-15)38(49)37(48)32(12)56-45)22-46(52,60-39)31(11)36(47)30(10)41-33(53-13)18-16-17-25(5)19-27(7)40(58-43(50)24(3)4)28(8)20-26(6)21-34(54-14)44(51)59-41/h16-18,20-21,23-24,27-33,35-42,45,47-49,52H,19,22H2,1-15H3/b18-16+,25-17+,26-20+,34-21-/t27-,28-,29+,30+,31+,32?,33+,35-,36-,37?,38?,39-,40+,41-,42?,45?,46-/m1/s1. The van der Waals surface area contributed by atoms with Gasteiger partial charge in [0.2, 0.25) is 5.76 Å². The monoisotopic (exact) mass is 853 g/mol. The van der Waals surface area contributed by atoms with Crippen molar-refractivity contribution in [3.05, 3.63) is 47.3 Å². The maximum Gasteiger partial charge on any atom is 0.373 e. The summed E-state index contributed by atoms with van der Waals surface area (Å²) in [5, 5.41) is 45.8. The molecule has 0 amide bonds. The van der Waals surface area contributed by atoms with E-state index in [9.17, 15) is 30.0 Å². The van der Waals surface area contributed by atoms with E-state index in [0.29, 0.717) is 12.0 Å². The van der Waals surface area contributed by atoms with Gasteiger partial charge in [0.15, 0.2) is 12.1 Å². The van der Waals surface area contributed by atoms with Crippen molar-refractivity contribution in [2.24, 2.45) is 41.4 Å². The van der Waals surface area contributed by atoms with Crippen LogP contribution in [0.5, 0.6) is 0 Å². The molecule has 0 aromatic heterocycles. The molecule has 0 radical (unpaired) electrons. The molecule has 3 heterocycles. The van der Waals surface area contributed by atoms with Crippen LogP contribution in [0.3, 0.4) is 0 Å². The van der Waals surface area contributed by atoms with E-state index in [0.717, 1.165) is 5.57 Å². The zero-order valence-electron chi connectivity index (χ0n) is 38.6. The number of aliphatic hydroxyl groups is 4. The highest BCUT2D eigenvalue weighted by Gasteiger charge is 2.54. The molecule has 0 saturated carbocycles. The van der Waals surface area contributed by atoms with Gasteiger partial charge in [0.1, 0.15) is 36.6 Å².